The van der Waals surface area contributed by atoms with Gasteiger partial charge in [0.05, 0.1) is 5.69 Å². The van der Waals surface area contributed by atoms with Crippen molar-refractivity contribution in [1.82, 2.24) is 0 Å². The Bertz CT molecular complexity index is 3020. The summed E-state index contributed by atoms with van der Waals surface area (Å²) < 4.78 is 2.89. The monoisotopic (exact) mass is 893 g/mol. The highest BCUT2D eigenvalue weighted by atomic mass is 32.1. The minimum Gasteiger partial charge on any atom is -0.311 e. The second kappa shape index (κ2) is 14.2. The number of hydrogen-bond donors (Lipinski definition) is 0. The first-order chi connectivity index (χ1) is 30.4. The number of anilines is 6. The van der Waals surface area contributed by atoms with Crippen molar-refractivity contribution in [3.63, 3.8) is 0 Å². The highest BCUT2D eigenvalue weighted by Gasteiger charge is 2.48. The average Bonchev–Trinajstić information content (AvgIpc) is 3.58. The summed E-state index contributed by atoms with van der Waals surface area (Å²) in [4.78, 5) is 5.46. The summed E-state index contributed by atoms with van der Waals surface area (Å²) >= 11 is 2.08. The largest absolute Gasteiger partial charge is 0.311 e. The zero-order valence-electron chi connectivity index (χ0n) is 44.1. The molecule has 66 heavy (non-hydrogen) atoms. The smallest absolute Gasteiger partial charge is 0.264 e. The standard InChI is InChI=1S/C62H77BN2S/c1-36-28-38(56(3,4)5)20-22-47(36)64-48-23-21-39(57(6,7)8)30-46(48)63-53-50(64)31-40(58(9,10)11)32-51(53)65(49-34-44-42(29-37(49)2)59(12,13)24-26-61(44,16)17)54-41-33-43-45(35-52(41)66-55(54)63)62(18,19)27-25-60(43,14)15/h20-23,28-35H,24-27H2,1-19H3. The minimum absolute atomic E-state index is 0.00985. The second-order valence-electron chi connectivity index (χ2n) is 27.0. The fourth-order valence-corrected chi connectivity index (χ4v) is 13.6. The van der Waals surface area contributed by atoms with Gasteiger partial charge in [0, 0.05) is 43.3 Å². The lowest BCUT2D eigenvalue weighted by Crippen LogP contribution is -2.60. The van der Waals surface area contributed by atoms with Gasteiger partial charge in [-0.25, -0.2) is 0 Å². The molecule has 4 aliphatic rings. The Morgan fingerprint density at radius 2 is 0.909 bits per heavy atom. The summed E-state index contributed by atoms with van der Waals surface area (Å²) in [7, 11) is 0. The lowest BCUT2D eigenvalue weighted by atomic mass is 9.36. The van der Waals surface area contributed by atoms with E-state index in [0.717, 1.165) is 0 Å². The molecule has 0 atom stereocenters. The summed E-state index contributed by atoms with van der Waals surface area (Å²) in [6.07, 6.45) is 4.79. The highest BCUT2D eigenvalue weighted by Crippen LogP contribution is 2.55. The van der Waals surface area contributed by atoms with Gasteiger partial charge in [0.25, 0.3) is 6.71 Å². The molecule has 0 N–H and O–H groups in total. The van der Waals surface area contributed by atoms with Crippen molar-refractivity contribution < 1.29 is 0 Å². The van der Waals surface area contributed by atoms with E-state index in [1.54, 1.807) is 0 Å². The maximum atomic E-state index is 2.80. The van der Waals surface area contributed by atoms with Gasteiger partial charge < -0.3 is 9.80 Å². The van der Waals surface area contributed by atoms with Crippen LogP contribution in [0.5, 0.6) is 0 Å². The Kier molecular flexibility index (Phi) is 9.76. The van der Waals surface area contributed by atoms with Crippen molar-refractivity contribution in [2.75, 3.05) is 9.80 Å². The summed E-state index contributed by atoms with van der Waals surface area (Å²) in [5.41, 5.74) is 24.1. The molecule has 1 aromatic heterocycles. The molecule has 3 heterocycles. The summed E-state index contributed by atoms with van der Waals surface area (Å²) in [5, 5.41) is 1.41. The molecule has 0 saturated carbocycles. The third-order valence-corrected chi connectivity index (χ3v) is 18.3. The van der Waals surface area contributed by atoms with Crippen LogP contribution in [0.25, 0.3) is 10.1 Å². The van der Waals surface area contributed by atoms with Gasteiger partial charge in [-0.3, -0.25) is 0 Å². The molecule has 0 amide bonds. The third kappa shape index (κ3) is 6.82. The van der Waals surface area contributed by atoms with E-state index in [-0.39, 0.29) is 44.6 Å². The van der Waals surface area contributed by atoms with E-state index in [2.05, 4.69) is 225 Å². The molecule has 0 unspecified atom stereocenters. The van der Waals surface area contributed by atoms with Crippen LogP contribution in [-0.4, -0.2) is 6.71 Å². The van der Waals surface area contributed by atoms with Crippen molar-refractivity contribution in [3.8, 4) is 0 Å². The van der Waals surface area contributed by atoms with E-state index < -0.39 is 0 Å². The zero-order valence-corrected chi connectivity index (χ0v) is 45.0. The van der Waals surface area contributed by atoms with E-state index in [1.165, 1.54) is 136 Å². The first-order valence-corrected chi connectivity index (χ1v) is 26.0. The third-order valence-electron chi connectivity index (χ3n) is 17.1. The van der Waals surface area contributed by atoms with E-state index >= 15 is 0 Å². The number of hydrogen-bond acceptors (Lipinski definition) is 3. The molecule has 10 rings (SSSR count). The first-order valence-electron chi connectivity index (χ1n) is 25.2. The summed E-state index contributed by atoms with van der Waals surface area (Å²) in [6.45, 7) is 46.0. The molecular weight excluding hydrogens is 816 g/mol. The van der Waals surface area contributed by atoms with Gasteiger partial charge in [-0.15, -0.1) is 11.3 Å². The van der Waals surface area contributed by atoms with Gasteiger partial charge in [-0.05, 0) is 181 Å². The van der Waals surface area contributed by atoms with Gasteiger partial charge in [0.1, 0.15) is 0 Å². The van der Waals surface area contributed by atoms with E-state index in [9.17, 15) is 0 Å². The summed E-state index contributed by atoms with van der Waals surface area (Å²) in [5.74, 6) is 0. The Morgan fingerprint density at radius 3 is 1.44 bits per heavy atom. The number of benzene rings is 5. The van der Waals surface area contributed by atoms with Gasteiger partial charge in [-0.2, -0.15) is 0 Å². The van der Waals surface area contributed by atoms with Crippen LogP contribution in [0.15, 0.2) is 72.8 Å². The van der Waals surface area contributed by atoms with Crippen LogP contribution in [0.1, 0.15) is 193 Å². The Balaban J connectivity index is 1.39. The predicted octanol–water partition coefficient (Wildman–Crippen LogP) is 16.2. The quantitative estimate of drug-likeness (QED) is 0.160. The van der Waals surface area contributed by atoms with Gasteiger partial charge in [-0.1, -0.05) is 148 Å². The zero-order chi connectivity index (χ0) is 47.8. The molecular formula is C62H77BN2S. The molecule has 2 aliphatic carbocycles. The Hall–Kier alpha value is -4.28. The molecule has 0 saturated heterocycles. The maximum Gasteiger partial charge on any atom is 0.264 e. The minimum atomic E-state index is -0.0948. The van der Waals surface area contributed by atoms with Gasteiger partial charge in [0.15, 0.2) is 0 Å². The SMILES string of the molecule is Cc1cc(C(C)(C)C)ccc1N1c2ccc(C(C)(C)C)cc2B2c3sc4cc5c(cc4c3N(c3cc4c(cc3C)C(C)(C)CCC4(C)C)c3cc(C(C)(C)C)cc1c32)C(C)(C)CCC5(C)C. The highest BCUT2D eigenvalue weighted by molar-refractivity contribution is 7.33. The lowest BCUT2D eigenvalue weighted by molar-refractivity contribution is 0.332. The number of thiophene rings is 1. The van der Waals surface area contributed by atoms with Crippen LogP contribution in [0.2, 0.25) is 0 Å². The van der Waals surface area contributed by atoms with Gasteiger partial charge >= 0.3 is 0 Å². The van der Waals surface area contributed by atoms with Gasteiger partial charge in [0.2, 0.25) is 0 Å². The van der Waals surface area contributed by atoms with Crippen LogP contribution in [0, 0.1) is 13.8 Å². The lowest BCUT2D eigenvalue weighted by Gasteiger charge is -2.46. The average molecular weight is 893 g/mol. The number of fused-ring (bicyclic) bond motifs is 8. The number of rotatable bonds is 2. The fourth-order valence-electron chi connectivity index (χ4n) is 12.3. The van der Waals surface area contributed by atoms with Crippen molar-refractivity contribution >= 4 is 78.0 Å². The first kappa shape index (κ1) is 45.5. The molecule has 2 nitrogen and oxygen atoms in total. The van der Waals surface area contributed by atoms with Crippen LogP contribution in [0.4, 0.5) is 34.1 Å². The van der Waals surface area contributed by atoms with Crippen LogP contribution >= 0.6 is 11.3 Å². The molecule has 0 bridgehead atoms. The maximum absolute atomic E-state index is 2.80. The molecule has 0 fully saturated rings. The fraction of sp³-hybridized carbons (Fsp3) is 0.484. The van der Waals surface area contributed by atoms with E-state index in [1.807, 2.05) is 0 Å². The topological polar surface area (TPSA) is 6.48 Å². The second-order valence-corrected chi connectivity index (χ2v) is 28.1. The predicted molar refractivity (Wildman–Crippen MR) is 292 cm³/mol. The van der Waals surface area contributed by atoms with Crippen LogP contribution < -0.4 is 25.5 Å². The van der Waals surface area contributed by atoms with Crippen molar-refractivity contribution in [1.29, 1.82) is 0 Å². The van der Waals surface area contributed by atoms with Crippen molar-refractivity contribution in [2.45, 2.75) is 195 Å². The molecule has 5 aromatic carbocycles. The summed E-state index contributed by atoms with van der Waals surface area (Å²) in [6, 6.07) is 30.5. The number of nitrogens with zero attached hydrogens (tertiary/aromatic N) is 2. The molecule has 6 aromatic rings. The Labute approximate surface area is 403 Å². The number of aryl methyl sites for hydroxylation is 2. The van der Waals surface area contributed by atoms with Crippen molar-refractivity contribution in [3.05, 3.63) is 123 Å². The van der Waals surface area contributed by atoms with E-state index in [4.69, 9.17) is 0 Å². The molecule has 4 heteroatoms. The van der Waals surface area contributed by atoms with Crippen molar-refractivity contribution in [2.24, 2.45) is 0 Å². The molecule has 2 aliphatic heterocycles. The van der Waals surface area contributed by atoms with Crippen LogP contribution in [-0.2, 0) is 37.9 Å². The molecule has 0 spiro atoms. The Morgan fingerprint density at radius 1 is 0.455 bits per heavy atom. The van der Waals surface area contributed by atoms with Crippen LogP contribution in [0.3, 0.4) is 0 Å². The molecule has 0 radical (unpaired) electrons. The normalized spacial score (nSPS) is 19.0. The van der Waals surface area contributed by atoms with E-state index in [0.29, 0.717) is 0 Å². The molecule has 344 valence electrons.